The molecule has 404 valence electrons. The van der Waals surface area contributed by atoms with Crippen molar-refractivity contribution >= 4 is 11.9 Å². The van der Waals surface area contributed by atoms with E-state index in [1.807, 2.05) is 0 Å². The van der Waals surface area contributed by atoms with E-state index in [9.17, 15) is 19.8 Å². The molecule has 0 aliphatic rings. The lowest BCUT2D eigenvalue weighted by Gasteiger charge is -2.24. The molecule has 0 bridgehead atoms. The summed E-state index contributed by atoms with van der Waals surface area (Å²) in [7, 11) is 0. The van der Waals surface area contributed by atoms with Crippen molar-refractivity contribution in [2.75, 3.05) is 6.61 Å². The number of esters is 1. The Morgan fingerprint density at radius 3 is 1.14 bits per heavy atom. The molecule has 3 N–H and O–H groups in total. The number of amides is 1. The van der Waals surface area contributed by atoms with Crippen LogP contribution >= 0.6 is 0 Å². The van der Waals surface area contributed by atoms with Crippen molar-refractivity contribution in [3.05, 3.63) is 48.6 Å². The van der Waals surface area contributed by atoms with Crippen LogP contribution in [0.3, 0.4) is 0 Å². The lowest BCUT2D eigenvalue weighted by molar-refractivity contribution is -0.151. The van der Waals surface area contributed by atoms with Gasteiger partial charge < -0.3 is 20.3 Å². The standard InChI is InChI=1S/C63H117NO5/c1-4-7-10-13-16-19-22-25-28-31-34-37-40-43-46-49-52-55-61(66)60(58-65)64-62(67)57-59(54-51-48-45-42-39-36-33-30-27-24-21-18-15-12-9-6-3)69-63(68)56-53-50-47-44-41-38-35-32-29-26-23-20-17-14-11-8-5-2/h18,21,24,27,30,33,36,39,59-61,65-66H,4-17,19-20,22-23,25-26,28-29,31-32,34-35,37-38,40-58H2,1-3H3,(H,64,67)/b21-18+,27-24+,33-30+,39-36+. The van der Waals surface area contributed by atoms with Gasteiger partial charge in [-0.2, -0.15) is 0 Å². The molecule has 0 saturated carbocycles. The topological polar surface area (TPSA) is 95.9 Å². The first-order valence-corrected chi connectivity index (χ1v) is 30.4. The normalized spacial score (nSPS) is 13.4. The monoisotopic (exact) mass is 968 g/mol. The average molecular weight is 969 g/mol. The van der Waals surface area contributed by atoms with Crippen LogP contribution in [0.5, 0.6) is 0 Å². The lowest BCUT2D eigenvalue weighted by Crippen LogP contribution is -2.46. The Morgan fingerprint density at radius 2 is 0.739 bits per heavy atom. The smallest absolute Gasteiger partial charge is 0.306 e. The van der Waals surface area contributed by atoms with E-state index in [4.69, 9.17) is 4.74 Å². The highest BCUT2D eigenvalue weighted by Crippen LogP contribution is 2.19. The Morgan fingerprint density at radius 1 is 0.420 bits per heavy atom. The van der Waals surface area contributed by atoms with Gasteiger partial charge in [0.05, 0.1) is 25.2 Å². The Kier molecular flexibility index (Phi) is 54.9. The summed E-state index contributed by atoms with van der Waals surface area (Å²) >= 11 is 0. The minimum Gasteiger partial charge on any atom is -0.462 e. The fraction of sp³-hybridized carbons (Fsp3) is 0.841. The molecule has 0 aromatic rings. The van der Waals surface area contributed by atoms with Crippen molar-refractivity contribution in [3.8, 4) is 0 Å². The summed E-state index contributed by atoms with van der Waals surface area (Å²) in [4.78, 5) is 26.3. The van der Waals surface area contributed by atoms with Gasteiger partial charge in [0, 0.05) is 6.42 Å². The van der Waals surface area contributed by atoms with Crippen LogP contribution in [0, 0.1) is 0 Å². The molecule has 0 radical (unpaired) electrons. The summed E-state index contributed by atoms with van der Waals surface area (Å²) in [5.41, 5.74) is 0. The summed E-state index contributed by atoms with van der Waals surface area (Å²) < 4.78 is 5.96. The molecule has 0 aliphatic carbocycles. The summed E-state index contributed by atoms with van der Waals surface area (Å²) in [5, 5.41) is 23.9. The van der Waals surface area contributed by atoms with Gasteiger partial charge in [-0.1, -0.05) is 301 Å². The molecule has 0 aliphatic heterocycles. The van der Waals surface area contributed by atoms with Gasteiger partial charge in [0.1, 0.15) is 6.10 Å². The first-order valence-electron chi connectivity index (χ1n) is 30.4. The molecule has 0 spiro atoms. The van der Waals surface area contributed by atoms with Crippen LogP contribution in [-0.2, 0) is 14.3 Å². The van der Waals surface area contributed by atoms with Crippen molar-refractivity contribution in [2.24, 2.45) is 0 Å². The number of rotatable bonds is 55. The quantitative estimate of drug-likeness (QED) is 0.0321. The molecule has 0 aromatic carbocycles. The molecule has 1 amide bonds. The average Bonchev–Trinajstić information content (AvgIpc) is 3.34. The van der Waals surface area contributed by atoms with Crippen molar-refractivity contribution in [2.45, 2.75) is 334 Å². The lowest BCUT2D eigenvalue weighted by atomic mass is 10.0. The maximum absolute atomic E-state index is 13.3. The SMILES string of the molecule is CCCCC/C=C/C=C/C=C/C=C/CCCCCC(CC(=O)NC(CO)C(O)CCCCCCCCCCCCCCCCCCC)OC(=O)CCCCCCCCCCCCCCCCCCC. The fourth-order valence-electron chi connectivity index (χ4n) is 9.39. The zero-order chi connectivity index (χ0) is 50.2. The first kappa shape index (κ1) is 66.8. The number of allylic oxidation sites excluding steroid dienone is 8. The van der Waals surface area contributed by atoms with Crippen LogP contribution in [0.2, 0.25) is 0 Å². The number of carbonyl (C=O) groups excluding carboxylic acids is 2. The number of ether oxygens (including phenoxy) is 1. The molecule has 3 atom stereocenters. The highest BCUT2D eigenvalue weighted by Gasteiger charge is 2.24. The Bertz CT molecular complexity index is 1180. The van der Waals surface area contributed by atoms with Crippen LogP contribution in [-0.4, -0.2) is 46.9 Å². The van der Waals surface area contributed by atoms with E-state index in [0.29, 0.717) is 19.3 Å². The van der Waals surface area contributed by atoms with E-state index in [0.717, 1.165) is 70.6 Å². The number of hydrogen-bond acceptors (Lipinski definition) is 5. The molecule has 69 heavy (non-hydrogen) atoms. The van der Waals surface area contributed by atoms with Gasteiger partial charge >= 0.3 is 5.97 Å². The molecule has 0 heterocycles. The number of aliphatic hydroxyl groups is 2. The van der Waals surface area contributed by atoms with Crippen LogP contribution in [0.1, 0.15) is 316 Å². The molecule has 0 rings (SSSR count). The number of carbonyl (C=O) groups is 2. The molecule has 0 fully saturated rings. The summed E-state index contributed by atoms with van der Waals surface area (Å²) in [6.07, 6.45) is 70.4. The maximum atomic E-state index is 13.3. The van der Waals surface area contributed by atoms with E-state index in [1.54, 1.807) is 0 Å². The van der Waals surface area contributed by atoms with Crippen LogP contribution in [0.15, 0.2) is 48.6 Å². The van der Waals surface area contributed by atoms with Crippen LogP contribution in [0.25, 0.3) is 0 Å². The predicted octanol–water partition coefficient (Wildman–Crippen LogP) is 19.0. The van der Waals surface area contributed by atoms with Crippen LogP contribution < -0.4 is 5.32 Å². The Balaban J connectivity index is 4.57. The predicted molar refractivity (Wildman–Crippen MR) is 301 cm³/mol. The number of hydrogen-bond donors (Lipinski definition) is 3. The largest absolute Gasteiger partial charge is 0.462 e. The van der Waals surface area contributed by atoms with Crippen molar-refractivity contribution in [1.82, 2.24) is 5.32 Å². The third-order valence-corrected chi connectivity index (χ3v) is 14.0. The minimum absolute atomic E-state index is 0.0548. The van der Waals surface area contributed by atoms with Gasteiger partial charge in [-0.3, -0.25) is 9.59 Å². The summed E-state index contributed by atoms with van der Waals surface area (Å²) in [6, 6.07) is -0.715. The molecule has 3 unspecified atom stereocenters. The van der Waals surface area contributed by atoms with Crippen molar-refractivity contribution in [3.63, 3.8) is 0 Å². The van der Waals surface area contributed by atoms with Crippen LogP contribution in [0.4, 0.5) is 0 Å². The molecule has 6 nitrogen and oxygen atoms in total. The summed E-state index contributed by atoms with van der Waals surface area (Å²) in [5.74, 6) is -0.496. The Labute approximate surface area is 429 Å². The molecular formula is C63H117NO5. The molecular weight excluding hydrogens is 851 g/mol. The van der Waals surface area contributed by atoms with Crippen molar-refractivity contribution < 1.29 is 24.5 Å². The highest BCUT2D eigenvalue weighted by molar-refractivity contribution is 5.77. The zero-order valence-corrected chi connectivity index (χ0v) is 46.2. The summed E-state index contributed by atoms with van der Waals surface area (Å²) in [6.45, 7) is 6.48. The van der Waals surface area contributed by atoms with Gasteiger partial charge in [0.15, 0.2) is 0 Å². The van der Waals surface area contributed by atoms with E-state index < -0.39 is 18.2 Å². The van der Waals surface area contributed by atoms with E-state index in [-0.39, 0.29) is 24.9 Å². The second-order valence-electron chi connectivity index (χ2n) is 20.9. The molecule has 6 heteroatoms. The van der Waals surface area contributed by atoms with E-state index in [1.165, 1.54) is 199 Å². The van der Waals surface area contributed by atoms with Gasteiger partial charge in [-0.05, 0) is 51.4 Å². The van der Waals surface area contributed by atoms with Gasteiger partial charge in [-0.25, -0.2) is 0 Å². The third kappa shape index (κ3) is 52.0. The molecule has 0 saturated heterocycles. The fourth-order valence-corrected chi connectivity index (χ4v) is 9.39. The van der Waals surface area contributed by atoms with Gasteiger partial charge in [0.25, 0.3) is 0 Å². The third-order valence-electron chi connectivity index (χ3n) is 14.0. The van der Waals surface area contributed by atoms with E-state index in [2.05, 4.69) is 74.7 Å². The number of aliphatic hydroxyl groups excluding tert-OH is 2. The highest BCUT2D eigenvalue weighted by atomic mass is 16.5. The second-order valence-corrected chi connectivity index (χ2v) is 20.9. The molecule has 0 aromatic heterocycles. The Hall–Kier alpha value is -2.18. The maximum Gasteiger partial charge on any atom is 0.306 e. The minimum atomic E-state index is -0.799. The van der Waals surface area contributed by atoms with Gasteiger partial charge in [0.2, 0.25) is 5.91 Å². The number of nitrogens with one attached hydrogen (secondary N) is 1. The second kappa shape index (κ2) is 56.7. The van der Waals surface area contributed by atoms with E-state index >= 15 is 0 Å². The van der Waals surface area contributed by atoms with Crippen molar-refractivity contribution in [1.29, 1.82) is 0 Å². The number of unbranched alkanes of at least 4 members (excludes halogenated alkanes) is 38. The first-order chi connectivity index (χ1) is 34.0. The zero-order valence-electron chi connectivity index (χ0n) is 46.2. The van der Waals surface area contributed by atoms with Gasteiger partial charge in [-0.15, -0.1) is 0 Å².